The van der Waals surface area contributed by atoms with Crippen molar-refractivity contribution < 1.29 is 66.6 Å². The average molecular weight is 748 g/mol. The van der Waals surface area contributed by atoms with E-state index in [4.69, 9.17) is 39.0 Å². The van der Waals surface area contributed by atoms with Gasteiger partial charge in [0.15, 0.2) is 34.8 Å². The lowest BCUT2D eigenvalue weighted by molar-refractivity contribution is -0.136. The Morgan fingerprint density at radius 3 is 1.96 bits per heavy atom. The molecule has 0 spiro atoms. The first-order valence-electron chi connectivity index (χ1n) is 14.2. The molecule has 11 N–H and O–H groups in total. The van der Waals surface area contributed by atoms with Crippen molar-refractivity contribution in [3.05, 3.63) is 32.9 Å². The van der Waals surface area contributed by atoms with Gasteiger partial charge >= 0.3 is 21.6 Å². The van der Waals surface area contributed by atoms with Gasteiger partial charge in [-0.15, -0.1) is 0 Å². The molecule has 7 heterocycles. The Hall–Kier alpha value is -4.17. The summed E-state index contributed by atoms with van der Waals surface area (Å²) in [6.07, 6.45) is -13.8. The van der Waals surface area contributed by atoms with Gasteiger partial charge in [0.1, 0.15) is 48.9 Å². The van der Waals surface area contributed by atoms with Crippen LogP contribution in [0.3, 0.4) is 0 Å². The standard InChI is InChI=1S/C22H26N10O16P2/c23-21-27-15-9(17(37)29-21)25-4-31(15)19-11(35)13-5(45-19)2-43-50(41,42)48-14-6(3-44-49(39,40)47-13)46-20(12(14)36)32-7(1-8(33)34)26-10-16(32)28-22(24)30-18(10)38/h4-6,11-14,19-20,35-36H,1-3H2,(H,33,34)(H,39,40)(H,41,42)(H3,23,27,29,37)(H3,24,28,30,38)/t5-,6-,11+,12+,13?,14?,19-,20-/m1/s1. The summed E-state index contributed by atoms with van der Waals surface area (Å²) in [7, 11) is -10.4. The molecule has 0 radical (unpaired) electrons. The molecule has 4 aromatic rings. The van der Waals surface area contributed by atoms with Gasteiger partial charge in [0.05, 0.1) is 19.5 Å². The van der Waals surface area contributed by atoms with Crippen LogP contribution in [0.5, 0.6) is 0 Å². The number of aromatic amines is 2. The minimum absolute atomic E-state index is 0.152. The highest BCUT2D eigenvalue weighted by atomic mass is 31.2. The van der Waals surface area contributed by atoms with E-state index in [0.29, 0.717) is 0 Å². The molecule has 50 heavy (non-hydrogen) atoms. The number of anilines is 2. The highest BCUT2D eigenvalue weighted by Gasteiger charge is 2.54. The van der Waals surface area contributed by atoms with Crippen LogP contribution in [-0.2, 0) is 47.9 Å². The number of rotatable bonds is 4. The largest absolute Gasteiger partial charge is 0.481 e. The first kappa shape index (κ1) is 34.3. The zero-order valence-electron chi connectivity index (χ0n) is 24.8. The average Bonchev–Trinajstić information content (AvgIpc) is 3.74. The molecule has 4 unspecified atom stereocenters. The number of nitrogens with two attached hydrogens (primary N) is 2. The quantitative estimate of drug-likeness (QED) is 0.0917. The van der Waals surface area contributed by atoms with Crippen molar-refractivity contribution in [1.82, 2.24) is 39.0 Å². The predicted molar refractivity (Wildman–Crippen MR) is 158 cm³/mol. The number of carbonyl (C=O) groups is 1. The Bertz CT molecular complexity index is 2220. The maximum Gasteiger partial charge on any atom is 0.472 e. The molecule has 0 amide bonds. The number of nitrogen functional groups attached to an aromatic ring is 2. The fraction of sp³-hybridized carbons (Fsp3) is 0.500. The molecule has 3 aliphatic heterocycles. The van der Waals surface area contributed by atoms with Crippen molar-refractivity contribution >= 4 is 55.8 Å². The van der Waals surface area contributed by atoms with Gasteiger partial charge in [-0.3, -0.25) is 51.6 Å². The van der Waals surface area contributed by atoms with Crippen molar-refractivity contribution in [3.63, 3.8) is 0 Å². The molecule has 270 valence electrons. The summed E-state index contributed by atoms with van der Waals surface area (Å²) >= 11 is 0. The minimum Gasteiger partial charge on any atom is -0.481 e. The zero-order valence-corrected chi connectivity index (χ0v) is 26.6. The van der Waals surface area contributed by atoms with Crippen LogP contribution in [0.15, 0.2) is 15.9 Å². The van der Waals surface area contributed by atoms with Crippen molar-refractivity contribution in [2.45, 2.75) is 55.5 Å². The molecular weight excluding hydrogens is 722 g/mol. The SMILES string of the molecule is Nc1nc2c(ncn2[C@@H]2O[C@@H]3COP(=O)(O)OC4[C@@H](COP(=O)(O)OC3[C@@H]2O)O[C@@H](n2c(CC(=O)O)nc3c(=O)[nH]c(N)nc32)[C@H]4O)c(=O)[nH]1. The molecule has 0 saturated carbocycles. The van der Waals surface area contributed by atoms with Gasteiger partial charge in [-0.05, 0) is 0 Å². The molecule has 28 heteroatoms. The number of ether oxygens (including phenoxy) is 2. The Kier molecular flexibility index (Phi) is 8.40. The van der Waals surface area contributed by atoms with Gasteiger partial charge in [-0.1, -0.05) is 0 Å². The number of nitrogens with zero attached hydrogens (tertiary/aromatic N) is 6. The first-order valence-corrected chi connectivity index (χ1v) is 17.2. The van der Waals surface area contributed by atoms with E-state index in [1.807, 2.05) is 0 Å². The minimum atomic E-state index is -5.23. The van der Waals surface area contributed by atoms with Gasteiger partial charge in [-0.2, -0.15) is 9.97 Å². The van der Waals surface area contributed by atoms with Crippen molar-refractivity contribution in [3.8, 4) is 0 Å². The third-order valence-corrected chi connectivity index (χ3v) is 9.83. The molecule has 4 aromatic heterocycles. The second-order valence-corrected chi connectivity index (χ2v) is 14.0. The summed E-state index contributed by atoms with van der Waals surface area (Å²) < 4.78 is 60.6. The van der Waals surface area contributed by atoms with Crippen LogP contribution in [0.1, 0.15) is 18.3 Å². The number of aliphatic carboxylic acids is 1. The number of fused-ring (bicyclic) bond motifs is 4. The van der Waals surface area contributed by atoms with E-state index in [-0.39, 0.29) is 28.6 Å². The van der Waals surface area contributed by atoms with E-state index >= 15 is 0 Å². The topological polar surface area (TPSA) is 387 Å². The Morgan fingerprint density at radius 1 is 0.860 bits per heavy atom. The highest BCUT2D eigenvalue weighted by molar-refractivity contribution is 7.47. The number of hydrogen-bond acceptors (Lipinski definition) is 19. The van der Waals surface area contributed by atoms with Crippen molar-refractivity contribution in [2.24, 2.45) is 0 Å². The number of imidazole rings is 2. The summed E-state index contributed by atoms with van der Waals surface area (Å²) in [6, 6.07) is 0. The van der Waals surface area contributed by atoms with E-state index in [2.05, 4.69) is 29.9 Å². The van der Waals surface area contributed by atoms with E-state index in [9.17, 15) is 48.6 Å². The van der Waals surface area contributed by atoms with Crippen LogP contribution in [0.2, 0.25) is 0 Å². The normalized spacial score (nSPS) is 35.0. The summed E-state index contributed by atoms with van der Waals surface area (Å²) in [6.45, 7) is -1.92. The molecule has 3 saturated heterocycles. The summed E-state index contributed by atoms with van der Waals surface area (Å²) in [5.41, 5.74) is 8.62. The number of nitrogens with one attached hydrogen (secondary N) is 2. The zero-order chi connectivity index (χ0) is 35.9. The lowest BCUT2D eigenvalue weighted by atomic mass is 10.1. The van der Waals surface area contributed by atoms with Crippen molar-refractivity contribution in [1.29, 1.82) is 0 Å². The molecule has 0 bridgehead atoms. The van der Waals surface area contributed by atoms with Crippen LogP contribution in [0.25, 0.3) is 22.3 Å². The maximum absolute atomic E-state index is 13.2. The number of hydrogen-bond donors (Lipinski definition) is 9. The lowest BCUT2D eigenvalue weighted by Gasteiger charge is -2.27. The monoisotopic (exact) mass is 748 g/mol. The van der Waals surface area contributed by atoms with Crippen LogP contribution >= 0.6 is 15.6 Å². The second-order valence-electron chi connectivity index (χ2n) is 11.1. The highest BCUT2D eigenvalue weighted by Crippen LogP contribution is 2.53. The molecular formula is C22H26N10O16P2. The van der Waals surface area contributed by atoms with Gasteiger partial charge < -0.3 is 46.0 Å². The number of phosphoric ester groups is 2. The van der Waals surface area contributed by atoms with E-state index in [1.165, 1.54) is 0 Å². The lowest BCUT2D eigenvalue weighted by Crippen LogP contribution is -2.39. The third-order valence-electron chi connectivity index (χ3n) is 7.86. The first-order chi connectivity index (χ1) is 23.5. The molecule has 7 rings (SSSR count). The molecule has 10 atom stereocenters. The molecule has 0 aromatic carbocycles. The van der Waals surface area contributed by atoms with Crippen LogP contribution in [-0.4, -0.2) is 120 Å². The third kappa shape index (κ3) is 6.10. The van der Waals surface area contributed by atoms with E-state index < -0.39 is 113 Å². The predicted octanol–water partition coefficient (Wildman–Crippen LogP) is -3.42. The smallest absolute Gasteiger partial charge is 0.472 e. The second kappa shape index (κ2) is 12.3. The van der Waals surface area contributed by atoms with E-state index in [0.717, 1.165) is 15.5 Å². The maximum atomic E-state index is 13.2. The van der Waals surface area contributed by atoms with Crippen LogP contribution in [0.4, 0.5) is 11.9 Å². The van der Waals surface area contributed by atoms with E-state index in [1.54, 1.807) is 0 Å². The van der Waals surface area contributed by atoms with Gasteiger partial charge in [-0.25, -0.2) is 19.1 Å². The fourth-order valence-electron chi connectivity index (χ4n) is 5.82. The molecule has 3 fully saturated rings. The summed E-state index contributed by atoms with van der Waals surface area (Å²) in [5, 5.41) is 31.9. The molecule has 3 aliphatic rings. The number of aliphatic hydroxyl groups excluding tert-OH is 2. The summed E-state index contributed by atoms with van der Waals surface area (Å²) in [4.78, 5) is 78.0. The number of carboxylic acid groups (broad SMARTS) is 1. The van der Waals surface area contributed by atoms with Crippen LogP contribution < -0.4 is 22.6 Å². The van der Waals surface area contributed by atoms with Gasteiger partial charge in [0, 0.05) is 0 Å². The molecule has 0 aliphatic carbocycles. The van der Waals surface area contributed by atoms with Gasteiger partial charge in [0.25, 0.3) is 11.1 Å². The van der Waals surface area contributed by atoms with Crippen LogP contribution in [0, 0.1) is 0 Å². The number of aliphatic hydroxyl groups is 2. The Morgan fingerprint density at radius 2 is 1.38 bits per heavy atom. The number of aromatic nitrogens is 8. The number of carboxylic acids is 1. The molecule has 26 nitrogen and oxygen atoms in total. The Balaban J connectivity index is 1.20. The fourth-order valence-corrected chi connectivity index (χ4v) is 7.75. The Labute approximate surface area is 274 Å². The number of phosphoric acid groups is 2. The summed E-state index contributed by atoms with van der Waals surface area (Å²) in [5.74, 6) is -2.49. The number of H-pyrrole nitrogens is 2. The van der Waals surface area contributed by atoms with Crippen molar-refractivity contribution in [2.75, 3.05) is 24.7 Å². The van der Waals surface area contributed by atoms with Gasteiger partial charge in [0.2, 0.25) is 11.9 Å².